The summed E-state index contributed by atoms with van der Waals surface area (Å²) in [7, 11) is -3.91. The van der Waals surface area contributed by atoms with Gasteiger partial charge in [-0.1, -0.05) is 11.6 Å². The summed E-state index contributed by atoms with van der Waals surface area (Å²) in [6.45, 7) is 1.80. The summed E-state index contributed by atoms with van der Waals surface area (Å²) in [5.74, 6) is -0.752. The van der Waals surface area contributed by atoms with E-state index in [4.69, 9.17) is 27.8 Å². The number of nitrogens with two attached hydrogens (primary N) is 2. The van der Waals surface area contributed by atoms with Gasteiger partial charge in [0.1, 0.15) is 6.04 Å². The lowest BCUT2D eigenvalue weighted by molar-refractivity contribution is -0.125. The molecule has 9 heteroatoms. The van der Waals surface area contributed by atoms with Crippen LogP contribution in [0, 0.1) is 6.92 Å². The van der Waals surface area contributed by atoms with Crippen molar-refractivity contribution in [1.29, 1.82) is 0 Å². The van der Waals surface area contributed by atoms with E-state index in [1.54, 1.807) is 6.92 Å². The van der Waals surface area contributed by atoms with Crippen molar-refractivity contribution in [3.8, 4) is 0 Å². The number of amides is 1. The van der Waals surface area contributed by atoms with E-state index in [9.17, 15) is 13.2 Å². The molecule has 0 aliphatic carbocycles. The fraction of sp³-hybridized carbons (Fsp3) is 0.417. The molecule has 1 saturated heterocycles. The third-order valence-corrected chi connectivity index (χ3v) is 5.67. The normalized spacial score (nSPS) is 20.4. The number of sulfonamides is 1. The third-order valence-electron chi connectivity index (χ3n) is 3.29. The van der Waals surface area contributed by atoms with Crippen LogP contribution in [0.4, 0.5) is 5.69 Å². The first-order chi connectivity index (χ1) is 9.75. The molecule has 2 rings (SSSR count). The molecule has 7 nitrogen and oxygen atoms in total. The van der Waals surface area contributed by atoms with Crippen molar-refractivity contribution in [2.24, 2.45) is 5.73 Å². The predicted octanol–water partition coefficient (Wildman–Crippen LogP) is 0.105. The number of nitrogens with zero attached hydrogens (tertiary/aromatic N) is 1. The van der Waals surface area contributed by atoms with E-state index in [0.717, 1.165) is 4.31 Å². The molecule has 0 radical (unpaired) electrons. The Kier molecular flexibility index (Phi) is 4.43. The maximum atomic E-state index is 12.8. The van der Waals surface area contributed by atoms with Gasteiger partial charge in [-0.15, -0.1) is 0 Å². The van der Waals surface area contributed by atoms with Crippen LogP contribution in [0.25, 0.3) is 0 Å². The van der Waals surface area contributed by atoms with Crippen LogP contribution in [0.2, 0.25) is 5.02 Å². The molecule has 1 aliphatic rings. The molecule has 1 amide bonds. The van der Waals surface area contributed by atoms with Crippen molar-refractivity contribution in [3.05, 3.63) is 22.7 Å². The Morgan fingerprint density at radius 2 is 2.14 bits per heavy atom. The van der Waals surface area contributed by atoms with Crippen LogP contribution in [0.1, 0.15) is 5.56 Å². The maximum absolute atomic E-state index is 12.8. The van der Waals surface area contributed by atoms with Gasteiger partial charge < -0.3 is 16.2 Å². The topological polar surface area (TPSA) is 116 Å². The first kappa shape index (κ1) is 16.0. The number of benzene rings is 1. The lowest BCUT2D eigenvalue weighted by atomic mass is 10.2. The fourth-order valence-corrected chi connectivity index (χ4v) is 4.20. The van der Waals surface area contributed by atoms with Crippen molar-refractivity contribution in [2.75, 3.05) is 25.5 Å². The van der Waals surface area contributed by atoms with Crippen LogP contribution in [0.5, 0.6) is 0 Å². The van der Waals surface area contributed by atoms with Gasteiger partial charge in [-0.05, 0) is 24.6 Å². The number of carbonyl (C=O) groups excluding carboxylic acids is 1. The number of carbonyl (C=O) groups is 1. The number of ether oxygens (including phenoxy) is 1. The van der Waals surface area contributed by atoms with Gasteiger partial charge >= 0.3 is 0 Å². The second-order valence-corrected chi connectivity index (χ2v) is 7.01. The van der Waals surface area contributed by atoms with Crippen molar-refractivity contribution in [3.63, 3.8) is 0 Å². The number of hydrogen-bond acceptors (Lipinski definition) is 5. The Hall–Kier alpha value is -1.35. The van der Waals surface area contributed by atoms with Crippen LogP contribution in [-0.4, -0.2) is 44.4 Å². The zero-order valence-electron chi connectivity index (χ0n) is 11.4. The van der Waals surface area contributed by atoms with Crippen molar-refractivity contribution in [2.45, 2.75) is 17.9 Å². The number of hydrogen-bond donors (Lipinski definition) is 2. The molecule has 1 fully saturated rings. The summed E-state index contributed by atoms with van der Waals surface area (Å²) in [4.78, 5) is 11.5. The van der Waals surface area contributed by atoms with Crippen LogP contribution in [-0.2, 0) is 19.6 Å². The molecule has 116 valence electrons. The number of halogens is 1. The Labute approximate surface area is 127 Å². The number of morpholine rings is 1. The number of aryl methyl sites for hydroxylation is 1. The summed E-state index contributed by atoms with van der Waals surface area (Å²) in [6, 6.07) is 1.74. The molecular weight excluding hydrogens is 318 g/mol. The van der Waals surface area contributed by atoms with Gasteiger partial charge in [-0.3, -0.25) is 4.79 Å². The molecule has 1 aromatic rings. The Morgan fingerprint density at radius 3 is 2.76 bits per heavy atom. The molecule has 1 aromatic carbocycles. The van der Waals surface area contributed by atoms with Crippen molar-refractivity contribution >= 4 is 33.2 Å². The Balaban J connectivity index is 2.50. The summed E-state index contributed by atoms with van der Waals surface area (Å²) in [5.41, 5.74) is 11.5. The highest BCUT2D eigenvalue weighted by Gasteiger charge is 2.38. The summed E-state index contributed by atoms with van der Waals surface area (Å²) < 4.78 is 31.7. The minimum atomic E-state index is -3.91. The average molecular weight is 334 g/mol. The molecular formula is C12H16ClN3O4S. The molecule has 21 heavy (non-hydrogen) atoms. The maximum Gasteiger partial charge on any atom is 0.244 e. The van der Waals surface area contributed by atoms with Gasteiger partial charge in [0.05, 0.1) is 28.8 Å². The van der Waals surface area contributed by atoms with E-state index >= 15 is 0 Å². The second-order valence-electron chi connectivity index (χ2n) is 4.75. The monoisotopic (exact) mass is 333 g/mol. The number of primary amides is 1. The fourth-order valence-electron chi connectivity index (χ4n) is 2.17. The van der Waals surface area contributed by atoms with E-state index < -0.39 is 22.0 Å². The molecule has 0 bridgehead atoms. The van der Waals surface area contributed by atoms with E-state index in [1.165, 1.54) is 12.1 Å². The molecule has 1 heterocycles. The van der Waals surface area contributed by atoms with Gasteiger partial charge in [0.25, 0.3) is 0 Å². The van der Waals surface area contributed by atoms with Crippen LogP contribution < -0.4 is 11.5 Å². The smallest absolute Gasteiger partial charge is 0.244 e. The zero-order valence-corrected chi connectivity index (χ0v) is 12.9. The molecule has 0 aromatic heterocycles. The highest BCUT2D eigenvalue weighted by molar-refractivity contribution is 7.89. The molecule has 1 atom stereocenters. The van der Waals surface area contributed by atoms with E-state index in [1.807, 2.05) is 0 Å². The largest absolute Gasteiger partial charge is 0.397 e. The predicted molar refractivity (Wildman–Crippen MR) is 78.3 cm³/mol. The SMILES string of the molecule is Cc1cc(Cl)c(N)cc1S(=O)(=O)N1CCOCC1C(N)=O. The number of rotatable bonds is 3. The molecule has 0 saturated carbocycles. The first-order valence-corrected chi connectivity index (χ1v) is 8.01. The van der Waals surface area contributed by atoms with E-state index in [2.05, 4.69) is 0 Å². The molecule has 4 N–H and O–H groups in total. The minimum absolute atomic E-state index is 0.0116. The summed E-state index contributed by atoms with van der Waals surface area (Å²) >= 11 is 5.87. The molecule has 0 spiro atoms. The summed E-state index contributed by atoms with van der Waals surface area (Å²) in [6.07, 6.45) is 0. The van der Waals surface area contributed by atoms with Crippen LogP contribution >= 0.6 is 11.6 Å². The second kappa shape index (κ2) is 5.80. The lowest BCUT2D eigenvalue weighted by Gasteiger charge is -2.32. The van der Waals surface area contributed by atoms with Crippen molar-refractivity contribution < 1.29 is 17.9 Å². The minimum Gasteiger partial charge on any atom is -0.397 e. The van der Waals surface area contributed by atoms with Gasteiger partial charge in [0.2, 0.25) is 15.9 Å². The van der Waals surface area contributed by atoms with Gasteiger partial charge in [0, 0.05) is 6.54 Å². The van der Waals surface area contributed by atoms with Crippen LogP contribution in [0.15, 0.2) is 17.0 Å². The average Bonchev–Trinajstić information content (AvgIpc) is 2.42. The highest BCUT2D eigenvalue weighted by Crippen LogP contribution is 2.29. The van der Waals surface area contributed by atoms with Crippen molar-refractivity contribution in [1.82, 2.24) is 4.31 Å². The number of nitrogen functional groups attached to an aromatic ring is 1. The van der Waals surface area contributed by atoms with E-state index in [0.29, 0.717) is 5.56 Å². The van der Waals surface area contributed by atoms with Gasteiger partial charge in [0.15, 0.2) is 0 Å². The Morgan fingerprint density at radius 1 is 1.48 bits per heavy atom. The quantitative estimate of drug-likeness (QED) is 0.761. The van der Waals surface area contributed by atoms with Crippen LogP contribution in [0.3, 0.4) is 0 Å². The molecule has 1 unspecified atom stereocenters. The van der Waals surface area contributed by atoms with E-state index in [-0.39, 0.29) is 35.4 Å². The Bertz CT molecular complexity index is 677. The third kappa shape index (κ3) is 2.98. The van der Waals surface area contributed by atoms with Gasteiger partial charge in [-0.2, -0.15) is 4.31 Å². The number of anilines is 1. The standard InChI is InChI=1S/C12H16ClN3O4S/c1-7-4-8(13)9(14)5-11(7)21(18,19)16-2-3-20-6-10(16)12(15)17/h4-5,10H,2-3,6,14H2,1H3,(H2,15,17). The molecule has 1 aliphatic heterocycles. The highest BCUT2D eigenvalue weighted by atomic mass is 35.5. The first-order valence-electron chi connectivity index (χ1n) is 6.19. The lowest BCUT2D eigenvalue weighted by Crippen LogP contribution is -2.54. The summed E-state index contributed by atoms with van der Waals surface area (Å²) in [5, 5.41) is 0.278. The zero-order chi connectivity index (χ0) is 15.8. The van der Waals surface area contributed by atoms with Gasteiger partial charge in [-0.25, -0.2) is 8.42 Å².